The van der Waals surface area contributed by atoms with Gasteiger partial charge in [-0.05, 0) is 37.5 Å². The lowest BCUT2D eigenvalue weighted by molar-refractivity contribution is -0.144. The Kier molecular flexibility index (Phi) is 4.71. The van der Waals surface area contributed by atoms with Crippen LogP contribution in [-0.4, -0.2) is 51.3 Å². The molecule has 0 bridgehead atoms. The molecule has 3 aliphatic rings. The zero-order valence-electron chi connectivity index (χ0n) is 15.7. The normalized spacial score (nSPS) is 28.7. The SMILES string of the molecule is CC(C)[C@@H]1CCC[C@H]1C(=O)N1CC(NC(=O)C2CCc3n[nH]nc3C2)C1. The summed E-state index contributed by atoms with van der Waals surface area (Å²) in [5.74, 6) is 1.65. The van der Waals surface area contributed by atoms with Gasteiger partial charge < -0.3 is 10.2 Å². The maximum absolute atomic E-state index is 12.8. The van der Waals surface area contributed by atoms with E-state index in [1.807, 2.05) is 4.90 Å². The van der Waals surface area contributed by atoms with Crippen LogP contribution in [0.1, 0.15) is 50.9 Å². The fourth-order valence-corrected chi connectivity index (χ4v) is 4.91. The number of aromatic nitrogens is 3. The van der Waals surface area contributed by atoms with Crippen molar-refractivity contribution in [1.29, 1.82) is 0 Å². The smallest absolute Gasteiger partial charge is 0.226 e. The summed E-state index contributed by atoms with van der Waals surface area (Å²) in [6.45, 7) is 5.77. The molecule has 2 amide bonds. The molecule has 2 heterocycles. The van der Waals surface area contributed by atoms with Crippen molar-refractivity contribution in [2.24, 2.45) is 23.7 Å². The van der Waals surface area contributed by atoms with Gasteiger partial charge in [0.15, 0.2) is 0 Å². The first-order chi connectivity index (χ1) is 12.5. The fraction of sp³-hybridized carbons (Fsp3) is 0.789. The molecule has 7 heteroatoms. The molecular weight excluding hydrogens is 330 g/mol. The van der Waals surface area contributed by atoms with Crippen molar-refractivity contribution in [2.75, 3.05) is 13.1 Å². The molecule has 1 unspecified atom stereocenters. The number of nitrogens with one attached hydrogen (secondary N) is 2. The predicted molar refractivity (Wildman–Crippen MR) is 96.1 cm³/mol. The molecule has 1 aliphatic heterocycles. The summed E-state index contributed by atoms with van der Waals surface area (Å²) in [5.41, 5.74) is 1.91. The van der Waals surface area contributed by atoms with Crippen molar-refractivity contribution >= 4 is 11.8 Å². The van der Waals surface area contributed by atoms with Crippen LogP contribution in [0.5, 0.6) is 0 Å². The highest BCUT2D eigenvalue weighted by Gasteiger charge is 2.41. The number of aromatic amines is 1. The molecule has 142 valence electrons. The first-order valence-corrected chi connectivity index (χ1v) is 10.0. The molecule has 2 fully saturated rings. The number of carbonyl (C=O) groups excluding carboxylic acids is 2. The molecule has 0 radical (unpaired) electrons. The van der Waals surface area contributed by atoms with E-state index < -0.39 is 0 Å². The number of aryl methyl sites for hydroxylation is 1. The lowest BCUT2D eigenvalue weighted by atomic mass is 9.84. The third-order valence-electron chi connectivity index (χ3n) is 6.53. The number of hydrogen-bond acceptors (Lipinski definition) is 4. The summed E-state index contributed by atoms with van der Waals surface area (Å²) < 4.78 is 0. The van der Waals surface area contributed by atoms with Gasteiger partial charge >= 0.3 is 0 Å². The molecule has 7 nitrogen and oxygen atoms in total. The highest BCUT2D eigenvalue weighted by atomic mass is 16.2. The maximum Gasteiger partial charge on any atom is 0.226 e. The molecule has 1 saturated carbocycles. The Morgan fingerprint density at radius 1 is 1.15 bits per heavy atom. The summed E-state index contributed by atoms with van der Waals surface area (Å²) in [4.78, 5) is 27.2. The van der Waals surface area contributed by atoms with Crippen molar-refractivity contribution in [2.45, 2.75) is 58.4 Å². The van der Waals surface area contributed by atoms with Crippen molar-refractivity contribution in [1.82, 2.24) is 25.6 Å². The molecule has 2 N–H and O–H groups in total. The number of nitrogens with zero attached hydrogens (tertiary/aromatic N) is 3. The summed E-state index contributed by atoms with van der Waals surface area (Å²) in [5, 5.41) is 14.0. The molecule has 26 heavy (non-hydrogen) atoms. The Balaban J connectivity index is 1.25. The van der Waals surface area contributed by atoms with Gasteiger partial charge in [-0.3, -0.25) is 9.59 Å². The molecule has 0 spiro atoms. The Morgan fingerprint density at radius 2 is 1.92 bits per heavy atom. The van der Waals surface area contributed by atoms with Crippen LogP contribution in [0.15, 0.2) is 0 Å². The van der Waals surface area contributed by atoms with Gasteiger partial charge in [0.25, 0.3) is 0 Å². The lowest BCUT2D eigenvalue weighted by Gasteiger charge is -2.42. The molecular formula is C19H29N5O2. The topological polar surface area (TPSA) is 91.0 Å². The third-order valence-corrected chi connectivity index (χ3v) is 6.53. The lowest BCUT2D eigenvalue weighted by Crippen LogP contribution is -2.63. The largest absolute Gasteiger partial charge is 0.350 e. The standard InChI is InChI=1S/C19H29N5O2/c1-11(2)14-4-3-5-15(14)19(26)24-9-13(10-24)20-18(25)12-6-7-16-17(8-12)22-23-21-16/h11-15H,3-10H2,1-2H3,(H,20,25)(H,21,22,23)/t12?,14-,15+/m0/s1. The van der Waals surface area contributed by atoms with Crippen LogP contribution in [0.25, 0.3) is 0 Å². The van der Waals surface area contributed by atoms with Crippen molar-refractivity contribution in [3.05, 3.63) is 11.4 Å². The van der Waals surface area contributed by atoms with E-state index in [9.17, 15) is 9.59 Å². The summed E-state index contributed by atoms with van der Waals surface area (Å²) in [6, 6.07) is 0.101. The predicted octanol–water partition coefficient (Wildman–Crippen LogP) is 1.31. The Bertz CT molecular complexity index is 679. The molecule has 1 aromatic rings. The van der Waals surface area contributed by atoms with Gasteiger partial charge in [0, 0.05) is 31.3 Å². The quantitative estimate of drug-likeness (QED) is 0.848. The number of H-pyrrole nitrogens is 1. The molecule has 0 aromatic carbocycles. The van der Waals surface area contributed by atoms with Gasteiger partial charge in [0.05, 0.1) is 17.4 Å². The average Bonchev–Trinajstić information content (AvgIpc) is 3.24. The summed E-state index contributed by atoms with van der Waals surface area (Å²) >= 11 is 0. The van der Waals surface area contributed by atoms with Crippen LogP contribution in [0.2, 0.25) is 0 Å². The number of likely N-dealkylation sites (tertiary alicyclic amines) is 1. The van der Waals surface area contributed by atoms with Gasteiger partial charge in [0.1, 0.15) is 0 Å². The van der Waals surface area contributed by atoms with Crippen molar-refractivity contribution in [3.63, 3.8) is 0 Å². The van der Waals surface area contributed by atoms with Crippen molar-refractivity contribution in [3.8, 4) is 0 Å². The summed E-state index contributed by atoms with van der Waals surface area (Å²) in [6.07, 6.45) is 5.64. The Hall–Kier alpha value is -1.92. The van der Waals surface area contributed by atoms with E-state index in [0.717, 1.165) is 30.7 Å². The third kappa shape index (κ3) is 3.23. The van der Waals surface area contributed by atoms with E-state index in [2.05, 4.69) is 34.6 Å². The van der Waals surface area contributed by atoms with Crippen LogP contribution in [-0.2, 0) is 22.4 Å². The van der Waals surface area contributed by atoms with Crippen LogP contribution >= 0.6 is 0 Å². The minimum absolute atomic E-state index is 0.0301. The van der Waals surface area contributed by atoms with Crippen LogP contribution in [0.4, 0.5) is 0 Å². The minimum atomic E-state index is -0.0301. The van der Waals surface area contributed by atoms with E-state index in [-0.39, 0.29) is 23.8 Å². The molecule has 1 saturated heterocycles. The van der Waals surface area contributed by atoms with E-state index in [1.165, 1.54) is 12.8 Å². The van der Waals surface area contributed by atoms with E-state index in [4.69, 9.17) is 0 Å². The average molecular weight is 359 g/mol. The monoisotopic (exact) mass is 359 g/mol. The van der Waals surface area contributed by atoms with E-state index in [1.54, 1.807) is 0 Å². The molecule has 2 aliphatic carbocycles. The van der Waals surface area contributed by atoms with E-state index in [0.29, 0.717) is 37.3 Å². The fourth-order valence-electron chi connectivity index (χ4n) is 4.91. The van der Waals surface area contributed by atoms with Gasteiger partial charge in [0.2, 0.25) is 11.8 Å². The van der Waals surface area contributed by atoms with Gasteiger partial charge in [-0.1, -0.05) is 20.3 Å². The number of rotatable bonds is 4. The molecule has 3 atom stereocenters. The zero-order valence-corrected chi connectivity index (χ0v) is 15.7. The summed E-state index contributed by atoms with van der Waals surface area (Å²) in [7, 11) is 0. The van der Waals surface area contributed by atoms with Crippen LogP contribution in [0, 0.1) is 23.7 Å². The maximum atomic E-state index is 12.8. The minimum Gasteiger partial charge on any atom is -0.350 e. The molecule has 1 aromatic heterocycles. The number of fused-ring (bicyclic) bond motifs is 1. The zero-order chi connectivity index (χ0) is 18.3. The Labute approximate surface area is 154 Å². The second-order valence-corrected chi connectivity index (χ2v) is 8.55. The highest BCUT2D eigenvalue weighted by molar-refractivity contribution is 5.82. The van der Waals surface area contributed by atoms with Gasteiger partial charge in [-0.15, -0.1) is 0 Å². The number of amides is 2. The first-order valence-electron chi connectivity index (χ1n) is 10.0. The van der Waals surface area contributed by atoms with Gasteiger partial charge in [-0.25, -0.2) is 0 Å². The number of hydrogen-bond donors (Lipinski definition) is 2. The van der Waals surface area contributed by atoms with Crippen LogP contribution < -0.4 is 5.32 Å². The Morgan fingerprint density at radius 3 is 2.69 bits per heavy atom. The highest BCUT2D eigenvalue weighted by Crippen LogP contribution is 2.38. The molecule has 4 rings (SSSR count). The van der Waals surface area contributed by atoms with E-state index >= 15 is 0 Å². The van der Waals surface area contributed by atoms with Gasteiger partial charge in [-0.2, -0.15) is 15.4 Å². The first kappa shape index (κ1) is 17.5. The number of carbonyl (C=O) groups is 2. The second-order valence-electron chi connectivity index (χ2n) is 8.55. The van der Waals surface area contributed by atoms with Crippen LogP contribution in [0.3, 0.4) is 0 Å². The second kappa shape index (κ2) is 7.00. The van der Waals surface area contributed by atoms with Crippen molar-refractivity contribution < 1.29 is 9.59 Å².